The number of carbonyl (C=O) groups excluding carboxylic acids is 3. The minimum atomic E-state index is -1.42. The highest BCUT2D eigenvalue weighted by Crippen LogP contribution is 2.26. The quantitative estimate of drug-likeness (QED) is 0.234. The summed E-state index contributed by atoms with van der Waals surface area (Å²) in [5, 5.41) is 21.1. The van der Waals surface area contributed by atoms with E-state index in [4.69, 9.17) is 19.9 Å². The van der Waals surface area contributed by atoms with Crippen LogP contribution in [0.1, 0.15) is 53.9 Å². The molecule has 0 saturated heterocycles. The Labute approximate surface area is 195 Å². The van der Waals surface area contributed by atoms with Crippen LogP contribution in [0.15, 0.2) is 36.0 Å². The Bertz CT molecular complexity index is 770. The van der Waals surface area contributed by atoms with Crippen molar-refractivity contribution in [2.24, 2.45) is 17.6 Å². The fraction of sp³-hybridized carbons (Fsp3) is 0.625. The van der Waals surface area contributed by atoms with Crippen molar-refractivity contribution in [3.63, 3.8) is 0 Å². The van der Waals surface area contributed by atoms with E-state index in [2.05, 4.69) is 0 Å². The lowest BCUT2D eigenvalue weighted by molar-refractivity contribution is -0.157. The third kappa shape index (κ3) is 10.7. The SMILES string of the molecule is CC(=O)O[C@H]1/C=C\[C@H](C)[C@@H](/C(C)=C/C=C/[C@@H](C)COC(N)=O)OC(=O)C[C@@H](O)CC[C@]1(C)O. The first-order chi connectivity index (χ1) is 15.3. The van der Waals surface area contributed by atoms with Crippen molar-refractivity contribution in [1.29, 1.82) is 0 Å². The average molecular weight is 468 g/mol. The number of cyclic esters (lactones) is 1. The Morgan fingerprint density at radius 2 is 2.03 bits per heavy atom. The predicted molar refractivity (Wildman–Crippen MR) is 122 cm³/mol. The predicted octanol–water partition coefficient (Wildman–Crippen LogP) is 2.55. The Hall–Kier alpha value is -2.65. The fourth-order valence-corrected chi connectivity index (χ4v) is 3.39. The number of esters is 2. The first kappa shape index (κ1) is 28.4. The molecule has 0 aromatic heterocycles. The molecule has 0 aromatic rings. The molecule has 0 aromatic carbocycles. The summed E-state index contributed by atoms with van der Waals surface area (Å²) in [4.78, 5) is 34.7. The van der Waals surface area contributed by atoms with Crippen LogP contribution in [0.4, 0.5) is 4.79 Å². The minimum absolute atomic E-state index is 0.0698. The zero-order valence-electron chi connectivity index (χ0n) is 20.0. The van der Waals surface area contributed by atoms with E-state index in [-0.39, 0.29) is 37.7 Å². The minimum Gasteiger partial charge on any atom is -0.457 e. The molecule has 0 bridgehead atoms. The van der Waals surface area contributed by atoms with Crippen LogP contribution in [-0.4, -0.2) is 58.8 Å². The van der Waals surface area contributed by atoms with Gasteiger partial charge in [0.15, 0.2) is 0 Å². The molecule has 1 heterocycles. The molecular weight excluding hydrogens is 430 g/mol. The zero-order valence-corrected chi connectivity index (χ0v) is 20.0. The van der Waals surface area contributed by atoms with Gasteiger partial charge in [0, 0.05) is 18.8 Å². The number of amides is 1. The molecule has 9 heteroatoms. The monoisotopic (exact) mass is 467 g/mol. The maximum atomic E-state index is 12.4. The number of hydrogen-bond acceptors (Lipinski definition) is 8. The van der Waals surface area contributed by atoms with Gasteiger partial charge in [-0.15, -0.1) is 0 Å². The zero-order chi connectivity index (χ0) is 25.2. The Balaban J connectivity index is 3.14. The first-order valence-corrected chi connectivity index (χ1v) is 11.0. The highest BCUT2D eigenvalue weighted by molar-refractivity contribution is 5.70. The lowest BCUT2D eigenvalue weighted by atomic mass is 9.88. The van der Waals surface area contributed by atoms with E-state index in [1.807, 2.05) is 19.9 Å². The van der Waals surface area contributed by atoms with Gasteiger partial charge in [-0.05, 0) is 38.3 Å². The van der Waals surface area contributed by atoms with Gasteiger partial charge in [0.05, 0.1) is 19.1 Å². The molecule has 0 radical (unpaired) electrons. The van der Waals surface area contributed by atoms with Gasteiger partial charge in [0.1, 0.15) is 17.8 Å². The Kier molecular flexibility index (Phi) is 11.3. The van der Waals surface area contributed by atoms with Gasteiger partial charge in [0.2, 0.25) is 0 Å². The van der Waals surface area contributed by atoms with E-state index in [0.717, 1.165) is 5.57 Å². The van der Waals surface area contributed by atoms with Crippen LogP contribution < -0.4 is 5.73 Å². The second-order valence-corrected chi connectivity index (χ2v) is 8.84. The molecule has 1 aliphatic rings. The molecule has 9 nitrogen and oxygen atoms in total. The molecule has 6 atom stereocenters. The van der Waals surface area contributed by atoms with E-state index in [0.29, 0.717) is 0 Å². The number of aliphatic hydroxyl groups is 2. The Morgan fingerprint density at radius 1 is 1.36 bits per heavy atom. The van der Waals surface area contributed by atoms with Gasteiger partial charge < -0.3 is 30.2 Å². The number of allylic oxidation sites excluding steroid dienone is 2. The topological polar surface area (TPSA) is 145 Å². The van der Waals surface area contributed by atoms with Gasteiger partial charge in [-0.25, -0.2) is 4.79 Å². The van der Waals surface area contributed by atoms with Crippen molar-refractivity contribution < 1.29 is 38.8 Å². The molecule has 1 amide bonds. The summed E-state index contributed by atoms with van der Waals surface area (Å²) in [6.07, 6.45) is 5.34. The summed E-state index contributed by atoms with van der Waals surface area (Å²) in [5.41, 5.74) is 4.29. The number of primary amides is 1. The molecule has 0 unspecified atom stereocenters. The Morgan fingerprint density at radius 3 is 2.64 bits per heavy atom. The normalized spacial score (nSPS) is 31.6. The smallest absolute Gasteiger partial charge is 0.404 e. The molecule has 0 aliphatic carbocycles. The summed E-state index contributed by atoms with van der Waals surface area (Å²) in [6.45, 7) is 8.43. The van der Waals surface area contributed by atoms with Crippen LogP contribution >= 0.6 is 0 Å². The maximum Gasteiger partial charge on any atom is 0.404 e. The number of hydrogen-bond donors (Lipinski definition) is 3. The van der Waals surface area contributed by atoms with Crippen LogP contribution in [0.3, 0.4) is 0 Å². The maximum absolute atomic E-state index is 12.4. The molecule has 1 aliphatic heterocycles. The van der Waals surface area contributed by atoms with E-state index in [1.165, 1.54) is 13.8 Å². The van der Waals surface area contributed by atoms with Gasteiger partial charge >= 0.3 is 18.0 Å². The number of nitrogens with two attached hydrogens (primary N) is 1. The van der Waals surface area contributed by atoms with Crippen LogP contribution in [0.25, 0.3) is 0 Å². The second-order valence-electron chi connectivity index (χ2n) is 8.84. The van der Waals surface area contributed by atoms with E-state index in [9.17, 15) is 24.6 Å². The van der Waals surface area contributed by atoms with Crippen molar-refractivity contribution in [3.05, 3.63) is 36.0 Å². The van der Waals surface area contributed by atoms with Crippen molar-refractivity contribution in [2.75, 3.05) is 6.61 Å². The van der Waals surface area contributed by atoms with Gasteiger partial charge in [-0.1, -0.05) is 38.2 Å². The second kappa shape index (κ2) is 13.2. The van der Waals surface area contributed by atoms with Gasteiger partial charge in [0.25, 0.3) is 0 Å². The van der Waals surface area contributed by atoms with E-state index >= 15 is 0 Å². The van der Waals surface area contributed by atoms with E-state index in [1.54, 1.807) is 31.2 Å². The summed E-state index contributed by atoms with van der Waals surface area (Å²) < 4.78 is 15.7. The van der Waals surface area contributed by atoms with Crippen molar-refractivity contribution >= 4 is 18.0 Å². The third-order valence-corrected chi connectivity index (χ3v) is 5.35. The molecular formula is C24H37NO8. The van der Waals surface area contributed by atoms with Crippen molar-refractivity contribution in [2.45, 2.75) is 77.8 Å². The number of aliphatic hydroxyl groups excluding tert-OH is 1. The standard InChI is InChI=1S/C24H37NO8/c1-15(14-31-23(25)29)7-6-8-16(2)22-17(3)9-10-20(32-18(4)26)24(5,30)12-11-19(27)13-21(28)33-22/h6-10,15,17,19-20,22,27,30H,11-14H2,1-5H3,(H2,25,29)/b7-6+,10-9-,16-8+/t15-,17+,19+,20+,22-,24+/m1/s1. The first-order valence-electron chi connectivity index (χ1n) is 11.0. The van der Waals surface area contributed by atoms with Crippen molar-refractivity contribution in [1.82, 2.24) is 0 Å². The molecule has 0 saturated carbocycles. The summed E-state index contributed by atoms with van der Waals surface area (Å²) >= 11 is 0. The highest BCUT2D eigenvalue weighted by Gasteiger charge is 2.34. The highest BCUT2D eigenvalue weighted by atomic mass is 16.6. The average Bonchev–Trinajstić information content (AvgIpc) is 2.70. The molecule has 0 spiro atoms. The van der Waals surface area contributed by atoms with Gasteiger partial charge in [-0.2, -0.15) is 0 Å². The molecule has 1 rings (SSSR count). The third-order valence-electron chi connectivity index (χ3n) is 5.35. The molecule has 4 N–H and O–H groups in total. The largest absolute Gasteiger partial charge is 0.457 e. The van der Waals surface area contributed by atoms with E-state index < -0.39 is 41.9 Å². The molecule has 33 heavy (non-hydrogen) atoms. The fourth-order valence-electron chi connectivity index (χ4n) is 3.39. The molecule has 186 valence electrons. The summed E-state index contributed by atoms with van der Waals surface area (Å²) in [5.74, 6) is -1.48. The van der Waals surface area contributed by atoms with Crippen LogP contribution in [0.2, 0.25) is 0 Å². The van der Waals surface area contributed by atoms with Crippen molar-refractivity contribution in [3.8, 4) is 0 Å². The van der Waals surface area contributed by atoms with Crippen LogP contribution in [0, 0.1) is 11.8 Å². The molecule has 0 fully saturated rings. The lowest BCUT2D eigenvalue weighted by Crippen LogP contribution is -2.42. The van der Waals surface area contributed by atoms with Crippen LogP contribution in [0.5, 0.6) is 0 Å². The van der Waals surface area contributed by atoms with Gasteiger partial charge in [-0.3, -0.25) is 9.59 Å². The number of carbonyl (C=O) groups is 3. The summed E-state index contributed by atoms with van der Waals surface area (Å²) in [7, 11) is 0. The number of ether oxygens (including phenoxy) is 3. The van der Waals surface area contributed by atoms with Crippen LogP contribution in [-0.2, 0) is 23.8 Å². The lowest BCUT2D eigenvalue weighted by Gasteiger charge is -2.32. The number of rotatable bonds is 6. The summed E-state index contributed by atoms with van der Waals surface area (Å²) in [6, 6.07) is 0.